The lowest BCUT2D eigenvalue weighted by Gasteiger charge is -2.22. The molecule has 0 spiro atoms. The monoisotopic (exact) mass is 504 g/mol. The molecular weight excluding hydrogens is 468 g/mol. The summed E-state index contributed by atoms with van der Waals surface area (Å²) in [6, 6.07) is 28.7. The van der Waals surface area contributed by atoms with Crippen LogP contribution in [0.1, 0.15) is 56.6 Å². The molecule has 0 saturated heterocycles. The first-order valence-electron chi connectivity index (χ1n) is 12.9. The summed E-state index contributed by atoms with van der Waals surface area (Å²) >= 11 is 0. The average Bonchev–Trinajstić information content (AvgIpc) is 2.91. The van der Waals surface area contributed by atoms with E-state index in [1.54, 1.807) is 14.2 Å². The van der Waals surface area contributed by atoms with Crippen molar-refractivity contribution in [2.45, 2.75) is 39.8 Å². The Morgan fingerprint density at radius 3 is 1.26 bits per heavy atom. The Kier molecular flexibility index (Phi) is 8.75. The Labute approximate surface area is 226 Å². The molecule has 0 radical (unpaired) electrons. The molecule has 0 fully saturated rings. The molecule has 0 bridgehead atoms. The second-order valence-corrected chi connectivity index (χ2v) is 9.68. The van der Waals surface area contributed by atoms with Crippen LogP contribution in [-0.4, -0.2) is 26.6 Å². The molecule has 0 aliphatic rings. The zero-order valence-electron chi connectivity index (χ0n) is 23.1. The van der Waals surface area contributed by atoms with Crippen molar-refractivity contribution in [2.75, 3.05) is 14.2 Å². The first kappa shape index (κ1) is 26.9. The summed E-state index contributed by atoms with van der Waals surface area (Å²) in [4.78, 5) is 10.3. The highest BCUT2D eigenvalue weighted by Crippen LogP contribution is 2.36. The van der Waals surface area contributed by atoms with Gasteiger partial charge in [-0.2, -0.15) is 0 Å². The van der Waals surface area contributed by atoms with Gasteiger partial charge in [0, 0.05) is 23.6 Å². The van der Waals surface area contributed by atoms with Crippen molar-refractivity contribution >= 4 is 12.4 Å². The first-order valence-corrected chi connectivity index (χ1v) is 12.9. The Morgan fingerprint density at radius 1 is 0.553 bits per heavy atom. The fourth-order valence-electron chi connectivity index (χ4n) is 5.05. The van der Waals surface area contributed by atoms with Crippen LogP contribution in [0.5, 0.6) is 11.5 Å². The lowest BCUT2D eigenvalue weighted by molar-refractivity contribution is 0.410. The van der Waals surface area contributed by atoms with E-state index in [2.05, 4.69) is 76.2 Å². The number of ether oxygens (including phenoxy) is 2. The maximum atomic E-state index is 5.73. The molecule has 0 N–H and O–H groups in total. The second kappa shape index (κ2) is 12.4. The van der Waals surface area contributed by atoms with E-state index in [0.29, 0.717) is 0 Å². The van der Waals surface area contributed by atoms with Gasteiger partial charge in [0.2, 0.25) is 0 Å². The normalized spacial score (nSPS) is 13.1. The topological polar surface area (TPSA) is 43.2 Å². The summed E-state index contributed by atoms with van der Waals surface area (Å²) in [5.41, 5.74) is 8.60. The maximum absolute atomic E-state index is 5.73. The number of aliphatic imine (C=N–C) groups is 2. The molecular formula is C34H36N2O2. The summed E-state index contributed by atoms with van der Waals surface area (Å²) in [7, 11) is 3.41. The van der Waals surface area contributed by atoms with Gasteiger partial charge in [-0.25, -0.2) is 0 Å². The lowest BCUT2D eigenvalue weighted by Crippen LogP contribution is -2.10. The molecule has 0 amide bonds. The summed E-state index contributed by atoms with van der Waals surface area (Å²) < 4.78 is 11.5. The number of nitrogens with zero attached hydrogens (tertiary/aromatic N) is 2. The molecule has 0 heterocycles. The fraction of sp³-hybridized carbons (Fsp3) is 0.235. The van der Waals surface area contributed by atoms with Gasteiger partial charge in [0.1, 0.15) is 23.6 Å². The van der Waals surface area contributed by atoms with E-state index >= 15 is 0 Å². The van der Waals surface area contributed by atoms with Gasteiger partial charge in [0.05, 0.1) is 14.2 Å². The quantitative estimate of drug-likeness (QED) is 0.217. The van der Waals surface area contributed by atoms with Gasteiger partial charge in [-0.15, -0.1) is 0 Å². The van der Waals surface area contributed by atoms with Crippen LogP contribution >= 0.6 is 0 Å². The van der Waals surface area contributed by atoms with E-state index in [1.165, 1.54) is 11.1 Å². The molecule has 2 atom stereocenters. The number of methoxy groups -OCH3 is 2. The van der Waals surface area contributed by atoms with Crippen molar-refractivity contribution in [3.05, 3.63) is 129 Å². The maximum Gasteiger partial charge on any atom is 0.130 e. The van der Waals surface area contributed by atoms with Crippen LogP contribution in [0, 0.1) is 27.7 Å². The minimum atomic E-state index is -0.253. The third-order valence-electron chi connectivity index (χ3n) is 6.63. The summed E-state index contributed by atoms with van der Waals surface area (Å²) in [5.74, 6) is 1.68. The van der Waals surface area contributed by atoms with E-state index in [0.717, 1.165) is 44.9 Å². The van der Waals surface area contributed by atoms with Crippen LogP contribution in [0.3, 0.4) is 0 Å². The van der Waals surface area contributed by atoms with Crippen molar-refractivity contribution in [3.63, 3.8) is 0 Å². The Hall–Kier alpha value is -4.18. The smallest absolute Gasteiger partial charge is 0.130 e. The van der Waals surface area contributed by atoms with Gasteiger partial charge in [0.25, 0.3) is 0 Å². The standard InChI is InChI=1S/C34H36N2O2/c1-23-17-25(3)33(37-5)29(19-23)21-35-31(27-13-9-7-10-14-27)32(28-15-11-8-12-16-28)36-22-30-20-24(2)18-26(4)34(30)38-6/h7-22,31-32H,1-6H3. The molecule has 2 unspecified atom stereocenters. The Balaban J connectivity index is 1.86. The minimum Gasteiger partial charge on any atom is -0.496 e. The highest BCUT2D eigenvalue weighted by molar-refractivity contribution is 5.86. The van der Waals surface area contributed by atoms with Crippen LogP contribution in [0.15, 0.2) is 94.9 Å². The van der Waals surface area contributed by atoms with Crippen LogP contribution in [-0.2, 0) is 0 Å². The predicted molar refractivity (Wildman–Crippen MR) is 158 cm³/mol. The van der Waals surface area contributed by atoms with Gasteiger partial charge in [0.15, 0.2) is 0 Å². The van der Waals surface area contributed by atoms with Crippen LogP contribution in [0.2, 0.25) is 0 Å². The molecule has 38 heavy (non-hydrogen) atoms. The van der Waals surface area contributed by atoms with Crippen LogP contribution < -0.4 is 9.47 Å². The van der Waals surface area contributed by atoms with Gasteiger partial charge < -0.3 is 9.47 Å². The zero-order chi connectivity index (χ0) is 27.1. The molecule has 4 nitrogen and oxygen atoms in total. The van der Waals surface area contributed by atoms with Crippen molar-refractivity contribution in [1.82, 2.24) is 0 Å². The Morgan fingerprint density at radius 2 is 0.921 bits per heavy atom. The first-order chi connectivity index (χ1) is 18.4. The van der Waals surface area contributed by atoms with Gasteiger partial charge in [-0.1, -0.05) is 72.8 Å². The third-order valence-corrected chi connectivity index (χ3v) is 6.63. The molecule has 0 aliphatic heterocycles. The number of rotatable bonds is 9. The molecule has 0 aromatic heterocycles. The summed E-state index contributed by atoms with van der Waals surface area (Å²) in [5, 5.41) is 0. The van der Waals surface area contributed by atoms with Crippen molar-refractivity contribution in [1.29, 1.82) is 0 Å². The van der Waals surface area contributed by atoms with Crippen molar-refractivity contribution < 1.29 is 9.47 Å². The van der Waals surface area contributed by atoms with Gasteiger partial charge in [-0.3, -0.25) is 9.98 Å². The largest absolute Gasteiger partial charge is 0.496 e. The number of aryl methyl sites for hydroxylation is 4. The highest BCUT2D eigenvalue weighted by atomic mass is 16.5. The van der Waals surface area contributed by atoms with E-state index < -0.39 is 0 Å². The second-order valence-electron chi connectivity index (χ2n) is 9.68. The van der Waals surface area contributed by atoms with E-state index in [4.69, 9.17) is 19.5 Å². The van der Waals surface area contributed by atoms with E-state index in [1.807, 2.05) is 48.8 Å². The zero-order valence-corrected chi connectivity index (χ0v) is 23.1. The highest BCUT2D eigenvalue weighted by Gasteiger charge is 2.24. The average molecular weight is 505 g/mol. The van der Waals surface area contributed by atoms with E-state index in [9.17, 15) is 0 Å². The van der Waals surface area contributed by atoms with E-state index in [-0.39, 0.29) is 12.1 Å². The molecule has 0 saturated carbocycles. The van der Waals surface area contributed by atoms with Gasteiger partial charge >= 0.3 is 0 Å². The number of benzene rings is 4. The molecule has 194 valence electrons. The fourth-order valence-corrected chi connectivity index (χ4v) is 5.05. The van der Waals surface area contributed by atoms with Gasteiger partial charge in [-0.05, 0) is 73.2 Å². The Bertz CT molecular complexity index is 1320. The van der Waals surface area contributed by atoms with Crippen LogP contribution in [0.4, 0.5) is 0 Å². The summed E-state index contributed by atoms with van der Waals surface area (Å²) in [6.45, 7) is 8.30. The molecule has 4 aromatic carbocycles. The molecule has 4 heteroatoms. The summed E-state index contributed by atoms with van der Waals surface area (Å²) in [6.07, 6.45) is 3.86. The van der Waals surface area contributed by atoms with Crippen LogP contribution in [0.25, 0.3) is 0 Å². The van der Waals surface area contributed by atoms with Crippen molar-refractivity contribution in [2.24, 2.45) is 9.98 Å². The SMILES string of the molecule is COc1c(C)cc(C)cc1C=NC(c1ccccc1)C(N=Cc1cc(C)cc(C)c1OC)c1ccccc1. The molecule has 4 rings (SSSR count). The lowest BCUT2D eigenvalue weighted by atomic mass is 9.94. The predicted octanol–water partition coefficient (Wildman–Crippen LogP) is 7.96. The molecule has 0 aliphatic carbocycles. The molecule has 4 aromatic rings. The third kappa shape index (κ3) is 6.20. The minimum absolute atomic E-state index is 0.253. The number of hydrogen-bond acceptors (Lipinski definition) is 4. The van der Waals surface area contributed by atoms with Crippen molar-refractivity contribution in [3.8, 4) is 11.5 Å². The number of hydrogen-bond donors (Lipinski definition) is 0.